The second kappa shape index (κ2) is 30.5. The molecule has 0 radical (unpaired) electrons. The molecule has 0 aliphatic rings. The summed E-state index contributed by atoms with van der Waals surface area (Å²) in [5, 5.41) is 0. The van der Waals surface area contributed by atoms with Crippen molar-refractivity contribution in [1.29, 1.82) is 0 Å². The maximum absolute atomic E-state index is 8.29. The van der Waals surface area contributed by atoms with E-state index >= 15 is 0 Å². The SMILES string of the molecule is [2H]C([2H])(C)c1ccc(-c2ccc(-c3ccccc3C)[n+](C)c2)cc1.[2H]C([2H])([2H])C([2H])(C)C([2H])([2H])c1ccc(-c2ccc(-c3ccccc3C)[n+](C)c2)cc1.[2H]C([2H])([2H])C([2H])(C)c1ccc(-c2ccc(-c3ccccc3C)[n+](C)c2)cc1.[2H]C([2H])([2H])c1cccc(-c2ccc(-c3ccccc3C)[n+](C)c2)c1. The molecule has 0 bridgehead atoms. The van der Waals surface area contributed by atoms with E-state index in [0.717, 1.165) is 74.1 Å². The third-order valence-corrected chi connectivity index (χ3v) is 16.1. The van der Waals surface area contributed by atoms with E-state index in [-0.39, 0.29) is 5.56 Å². The number of nitrogens with zero attached hydrogens (tertiary/aromatic N) is 4. The fourth-order valence-corrected chi connectivity index (χ4v) is 11.1. The van der Waals surface area contributed by atoms with Gasteiger partial charge in [-0.25, -0.2) is 18.3 Å². The maximum Gasteiger partial charge on any atom is 0.212 e. The zero-order chi connectivity index (χ0) is 76.8. The van der Waals surface area contributed by atoms with Crippen LogP contribution in [0.4, 0.5) is 0 Å². The Morgan fingerprint density at radius 3 is 1.01 bits per heavy atom. The number of benzene rings is 8. The van der Waals surface area contributed by atoms with E-state index in [2.05, 4.69) is 162 Å². The van der Waals surface area contributed by atoms with Crippen LogP contribution in [0.15, 0.2) is 267 Å². The second-order valence-electron chi connectivity index (χ2n) is 22.9. The van der Waals surface area contributed by atoms with E-state index < -0.39 is 45.1 Å². The number of aromatic nitrogens is 4. The Balaban J connectivity index is 0.000000163. The first kappa shape index (κ1) is 47.4. The van der Waals surface area contributed by atoms with Crippen LogP contribution in [0.3, 0.4) is 0 Å². The van der Waals surface area contributed by atoms with Crippen molar-refractivity contribution in [2.24, 2.45) is 34.1 Å². The standard InChI is InChI=1S/C23H26N.C22H24N.C21H22N.C20H20N/c1-17(2)15-19-9-11-20(12-10-19)21-13-14-23(24(4)16-21)22-8-6-5-7-18(22)3;1-16(2)18-9-11-19(12-10-18)20-13-14-22(23(4)15-20)21-8-6-5-7-17(21)3;1-4-17-9-11-18(12-10-17)19-13-14-21(22(3)15-19)20-8-6-5-7-16(20)2;1-15-7-6-9-17(13-15)18-11-12-20(21(3)14-18)19-10-5-4-8-16(19)2/h5-14,16-17H,15H2,1-4H3;5-16H,1-4H3;5-15H,4H2,1-3H3;4-14H,1-3H3/q4*+1/i1D3,15D2,17D;1D3,16D;4D2;1D3. The molecule has 0 saturated carbocycles. The van der Waals surface area contributed by atoms with Crippen LogP contribution in [-0.4, -0.2) is 0 Å². The van der Waals surface area contributed by atoms with Gasteiger partial charge >= 0.3 is 0 Å². The molecule has 0 N–H and O–H groups in total. The van der Waals surface area contributed by atoms with Gasteiger partial charge in [0, 0.05) is 89.3 Å². The summed E-state index contributed by atoms with van der Waals surface area (Å²) in [5.74, 6) is -3.88. The Bertz CT molecular complexity index is 5010. The largest absolute Gasteiger partial charge is 0.212 e. The molecular weight excluding hydrogens is 1090 g/mol. The molecule has 0 saturated heterocycles. The molecule has 4 heterocycles. The molecular formula is C86H92N4+4. The molecule has 4 heteroatoms. The Hall–Kier alpha value is -9.64. The van der Waals surface area contributed by atoms with Crippen molar-refractivity contribution in [3.8, 4) is 89.5 Å². The monoisotopic (exact) mass is 1200 g/mol. The van der Waals surface area contributed by atoms with E-state index in [1.54, 1.807) is 61.5 Å². The Kier molecular flexibility index (Phi) is 16.1. The van der Waals surface area contributed by atoms with Gasteiger partial charge in [-0.2, -0.15) is 0 Å². The van der Waals surface area contributed by atoms with Crippen LogP contribution in [0.25, 0.3) is 89.5 Å². The van der Waals surface area contributed by atoms with E-state index in [0.29, 0.717) is 16.7 Å². The summed E-state index contributed by atoms with van der Waals surface area (Å²) < 4.78 is 125. The topological polar surface area (TPSA) is 15.5 Å². The van der Waals surface area contributed by atoms with E-state index in [4.69, 9.17) is 20.6 Å². The van der Waals surface area contributed by atoms with Crippen molar-refractivity contribution in [1.82, 2.24) is 0 Å². The number of aryl methyl sites for hydroxylation is 10. The van der Waals surface area contributed by atoms with Crippen LogP contribution in [0.5, 0.6) is 0 Å². The summed E-state index contributed by atoms with van der Waals surface area (Å²) in [4.78, 5) is 0. The van der Waals surface area contributed by atoms with Crippen molar-refractivity contribution < 1.29 is 38.8 Å². The van der Waals surface area contributed by atoms with Crippen molar-refractivity contribution in [3.63, 3.8) is 0 Å². The molecule has 4 nitrogen and oxygen atoms in total. The number of hydrogen-bond acceptors (Lipinski definition) is 0. The van der Waals surface area contributed by atoms with Crippen molar-refractivity contribution in [2.45, 2.75) is 87.7 Å². The molecule has 90 heavy (non-hydrogen) atoms. The molecule has 12 rings (SSSR count). The minimum absolute atomic E-state index is 0.181. The number of hydrogen-bond donors (Lipinski definition) is 0. The predicted molar refractivity (Wildman–Crippen MR) is 380 cm³/mol. The lowest BCUT2D eigenvalue weighted by Crippen LogP contribution is -2.30. The van der Waals surface area contributed by atoms with Crippen LogP contribution < -0.4 is 18.3 Å². The summed E-state index contributed by atoms with van der Waals surface area (Å²) in [6.07, 6.45) is 4.62. The van der Waals surface area contributed by atoms with Crippen LogP contribution in [-0.2, 0) is 40.9 Å². The van der Waals surface area contributed by atoms with E-state index in [1.165, 1.54) is 51.6 Å². The molecule has 0 amide bonds. The highest BCUT2D eigenvalue weighted by Crippen LogP contribution is 2.29. The molecule has 0 spiro atoms. The highest BCUT2D eigenvalue weighted by atomic mass is 14.9. The molecule has 8 aromatic carbocycles. The first-order chi connectivity index (χ1) is 49.2. The van der Waals surface area contributed by atoms with Gasteiger partial charge in [0.25, 0.3) is 0 Å². The van der Waals surface area contributed by atoms with Gasteiger partial charge in [-0.05, 0) is 169 Å². The van der Waals surface area contributed by atoms with Gasteiger partial charge in [0.2, 0.25) is 22.8 Å². The zero-order valence-corrected chi connectivity index (χ0v) is 53.7. The van der Waals surface area contributed by atoms with Gasteiger partial charge < -0.3 is 0 Å². The molecule has 2 unspecified atom stereocenters. The average molecular weight is 1200 g/mol. The van der Waals surface area contributed by atoms with Crippen LogP contribution in [0.2, 0.25) is 0 Å². The molecule has 0 aliphatic heterocycles. The quantitative estimate of drug-likeness (QED) is 0.108. The number of rotatable bonds is 12. The lowest BCUT2D eigenvalue weighted by molar-refractivity contribution is -0.660. The molecule has 2 atom stereocenters. The fraction of sp³-hybridized carbons (Fsp3) is 0.209. The Morgan fingerprint density at radius 1 is 0.356 bits per heavy atom. The number of pyridine rings is 4. The van der Waals surface area contributed by atoms with Crippen LogP contribution in [0.1, 0.15) is 105 Å². The highest BCUT2D eigenvalue weighted by molar-refractivity contribution is 5.70. The van der Waals surface area contributed by atoms with Crippen LogP contribution in [0, 0.1) is 40.4 Å². The molecule has 452 valence electrons. The lowest BCUT2D eigenvalue weighted by atomic mass is 9.98. The third kappa shape index (κ3) is 16.5. The predicted octanol–water partition coefficient (Wildman–Crippen LogP) is 19.8. The Morgan fingerprint density at radius 2 is 0.689 bits per heavy atom. The van der Waals surface area contributed by atoms with Crippen molar-refractivity contribution >= 4 is 0 Å². The molecule has 12 aromatic rings. The lowest BCUT2D eigenvalue weighted by Gasteiger charge is -2.08. The van der Waals surface area contributed by atoms with Crippen molar-refractivity contribution in [2.75, 3.05) is 0 Å². The minimum Gasteiger partial charge on any atom is -0.200 e. The minimum atomic E-state index is -2.74. The summed E-state index contributed by atoms with van der Waals surface area (Å²) >= 11 is 0. The zero-order valence-electron chi connectivity index (χ0n) is 68.7. The highest BCUT2D eigenvalue weighted by Gasteiger charge is 2.18. The van der Waals surface area contributed by atoms with Gasteiger partial charge in [-0.15, -0.1) is 0 Å². The summed E-state index contributed by atoms with van der Waals surface area (Å²) in [6, 6.07) is 78.6. The average Bonchev–Trinajstić information content (AvgIpc) is 0.756. The van der Waals surface area contributed by atoms with Crippen molar-refractivity contribution in [3.05, 3.63) is 312 Å². The maximum atomic E-state index is 8.29. The summed E-state index contributed by atoms with van der Waals surface area (Å²) in [7, 11) is 8.08. The normalized spacial score (nSPS) is 15.3. The summed E-state index contributed by atoms with van der Waals surface area (Å²) in [6.45, 7) is 5.36. The third-order valence-electron chi connectivity index (χ3n) is 16.1. The van der Waals surface area contributed by atoms with Gasteiger partial charge in [0.1, 0.15) is 28.2 Å². The van der Waals surface area contributed by atoms with Crippen LogP contribution >= 0.6 is 0 Å². The molecule has 4 aromatic heterocycles. The van der Waals surface area contributed by atoms with E-state index in [1.807, 2.05) is 125 Å². The fourth-order valence-electron chi connectivity index (χ4n) is 11.1. The second-order valence-corrected chi connectivity index (χ2v) is 22.9. The van der Waals surface area contributed by atoms with E-state index in [9.17, 15) is 0 Å². The Labute approximate surface area is 559 Å². The van der Waals surface area contributed by atoms with Gasteiger partial charge in [0.15, 0.2) is 24.8 Å². The molecule has 0 aliphatic carbocycles. The molecule has 0 fully saturated rings. The first-order valence-corrected chi connectivity index (χ1v) is 30.4. The van der Waals surface area contributed by atoms with Gasteiger partial charge in [-0.1, -0.05) is 210 Å². The first-order valence-electron chi connectivity index (χ1n) is 37.9. The smallest absolute Gasteiger partial charge is 0.200 e. The summed E-state index contributed by atoms with van der Waals surface area (Å²) in [5.41, 5.74) is 24.0. The van der Waals surface area contributed by atoms with Gasteiger partial charge in [0.05, 0.1) is 0 Å². The van der Waals surface area contributed by atoms with Gasteiger partial charge in [-0.3, -0.25) is 0 Å².